The number of benzene rings is 1. The third-order valence-electron chi connectivity index (χ3n) is 6.21. The predicted molar refractivity (Wildman–Crippen MR) is 128 cm³/mol. The SMILES string of the molecule is O=C(NCC(F)(F)F)c1cnc(Nc2ccc3c(c2)CCNC3)nc1Nc1nc(C2(CF)CC2)cs1. The second-order valence-electron chi connectivity index (χ2n) is 8.87. The van der Waals surface area contributed by atoms with E-state index in [4.69, 9.17) is 0 Å². The first-order valence-electron chi connectivity index (χ1n) is 11.4. The number of rotatable bonds is 8. The third-order valence-corrected chi connectivity index (χ3v) is 6.97. The van der Waals surface area contributed by atoms with Gasteiger partial charge in [-0.05, 0) is 49.1 Å². The lowest BCUT2D eigenvalue weighted by Crippen LogP contribution is -2.34. The highest BCUT2D eigenvalue weighted by molar-refractivity contribution is 7.13. The van der Waals surface area contributed by atoms with Crippen LogP contribution in [0.3, 0.4) is 0 Å². The average Bonchev–Trinajstić information content (AvgIpc) is 3.53. The van der Waals surface area contributed by atoms with Gasteiger partial charge in [-0.15, -0.1) is 11.3 Å². The summed E-state index contributed by atoms with van der Waals surface area (Å²) in [5.74, 6) is -0.847. The van der Waals surface area contributed by atoms with Crippen molar-refractivity contribution in [3.8, 4) is 0 Å². The van der Waals surface area contributed by atoms with Crippen molar-refractivity contribution in [1.82, 2.24) is 25.6 Å². The number of carbonyl (C=O) groups excluding carboxylic acids is 1. The van der Waals surface area contributed by atoms with E-state index in [1.807, 2.05) is 23.5 Å². The van der Waals surface area contributed by atoms with Gasteiger partial charge in [0.15, 0.2) is 10.9 Å². The highest BCUT2D eigenvalue weighted by atomic mass is 32.1. The van der Waals surface area contributed by atoms with E-state index in [2.05, 4.69) is 30.9 Å². The fourth-order valence-corrected chi connectivity index (χ4v) is 4.78. The Morgan fingerprint density at radius 3 is 2.75 bits per heavy atom. The Hall–Kier alpha value is -3.32. The van der Waals surface area contributed by atoms with Crippen LogP contribution in [0.4, 0.5) is 40.1 Å². The van der Waals surface area contributed by atoms with E-state index < -0.39 is 30.7 Å². The van der Waals surface area contributed by atoms with Crippen molar-refractivity contribution in [2.45, 2.75) is 37.4 Å². The summed E-state index contributed by atoms with van der Waals surface area (Å²) in [5, 5.41) is 13.2. The van der Waals surface area contributed by atoms with Crippen molar-refractivity contribution < 1.29 is 22.4 Å². The number of amides is 1. The number of anilines is 4. The van der Waals surface area contributed by atoms with Crippen LogP contribution in [0.15, 0.2) is 29.8 Å². The molecule has 190 valence electrons. The van der Waals surface area contributed by atoms with Gasteiger partial charge in [0.05, 0.1) is 5.69 Å². The van der Waals surface area contributed by atoms with Gasteiger partial charge in [-0.3, -0.25) is 9.18 Å². The standard InChI is InChI=1S/C23H23F4N7OS/c24-11-22(4-5-22)17-10-36-21(32-17)34-18-16(19(35)30-12-23(25,26)27)9-29-20(33-18)31-15-2-1-14-8-28-6-3-13(14)7-15/h1-2,7,9-10,28H,3-6,8,11-12H2,(H,30,35)(H2,29,31,32,33,34). The van der Waals surface area contributed by atoms with Gasteiger partial charge in [-0.1, -0.05) is 6.07 Å². The fourth-order valence-electron chi connectivity index (χ4n) is 3.95. The minimum atomic E-state index is -4.57. The smallest absolute Gasteiger partial charge is 0.343 e. The van der Waals surface area contributed by atoms with Crippen LogP contribution in [0.1, 0.15) is 40.0 Å². The number of nitrogens with zero attached hydrogens (tertiary/aromatic N) is 3. The molecule has 8 nitrogen and oxygen atoms in total. The molecule has 0 radical (unpaired) electrons. The Morgan fingerprint density at radius 1 is 1.17 bits per heavy atom. The summed E-state index contributed by atoms with van der Waals surface area (Å²) >= 11 is 1.20. The highest BCUT2D eigenvalue weighted by Crippen LogP contribution is 2.49. The second-order valence-corrected chi connectivity index (χ2v) is 9.72. The Morgan fingerprint density at radius 2 is 2.00 bits per heavy atom. The minimum Gasteiger partial charge on any atom is -0.343 e. The van der Waals surface area contributed by atoms with Crippen LogP contribution in [0.5, 0.6) is 0 Å². The van der Waals surface area contributed by atoms with Crippen LogP contribution < -0.4 is 21.3 Å². The van der Waals surface area contributed by atoms with Gasteiger partial charge in [0, 0.05) is 29.2 Å². The summed E-state index contributed by atoms with van der Waals surface area (Å²) in [7, 11) is 0. The summed E-state index contributed by atoms with van der Waals surface area (Å²) in [6, 6.07) is 5.87. The Bertz CT molecular complexity index is 1280. The van der Waals surface area contributed by atoms with Gasteiger partial charge in [0.2, 0.25) is 5.95 Å². The summed E-state index contributed by atoms with van der Waals surface area (Å²) in [6.07, 6.45) is -1.12. The maximum absolute atomic E-state index is 13.4. The van der Waals surface area contributed by atoms with E-state index in [1.165, 1.54) is 22.5 Å². The topological polar surface area (TPSA) is 104 Å². The maximum Gasteiger partial charge on any atom is 0.405 e. The molecule has 1 aliphatic heterocycles. The first kappa shape index (κ1) is 24.4. The molecular formula is C23H23F4N7OS. The summed E-state index contributed by atoms with van der Waals surface area (Å²) in [5.41, 5.74) is 3.00. The third kappa shape index (κ3) is 5.41. The minimum absolute atomic E-state index is 0.0136. The van der Waals surface area contributed by atoms with Gasteiger partial charge in [0.1, 0.15) is 18.8 Å². The van der Waals surface area contributed by atoms with E-state index >= 15 is 0 Å². The molecule has 1 fully saturated rings. The lowest BCUT2D eigenvalue weighted by Gasteiger charge is -2.18. The Balaban J connectivity index is 1.41. The molecule has 0 atom stereocenters. The van der Waals surface area contributed by atoms with Crippen molar-refractivity contribution in [2.75, 3.05) is 30.4 Å². The second kappa shape index (κ2) is 9.62. The summed E-state index contributed by atoms with van der Waals surface area (Å²) in [4.78, 5) is 25.4. The number of thiazole rings is 1. The molecule has 4 N–H and O–H groups in total. The van der Waals surface area contributed by atoms with Crippen molar-refractivity contribution >= 4 is 39.8 Å². The van der Waals surface area contributed by atoms with E-state index in [-0.39, 0.29) is 17.3 Å². The lowest BCUT2D eigenvalue weighted by molar-refractivity contribution is -0.123. The molecule has 0 saturated heterocycles. The molecule has 0 unspecified atom stereocenters. The number of fused-ring (bicyclic) bond motifs is 1. The molecular weight excluding hydrogens is 498 g/mol. The van der Waals surface area contributed by atoms with Gasteiger partial charge in [-0.25, -0.2) is 9.97 Å². The summed E-state index contributed by atoms with van der Waals surface area (Å²) < 4.78 is 51.4. The summed E-state index contributed by atoms with van der Waals surface area (Å²) in [6.45, 7) is -0.334. The molecule has 13 heteroatoms. The molecule has 0 spiro atoms. The number of aromatic nitrogens is 3. The largest absolute Gasteiger partial charge is 0.405 e. The highest BCUT2D eigenvalue weighted by Gasteiger charge is 2.46. The number of hydrogen-bond acceptors (Lipinski definition) is 8. The molecule has 1 amide bonds. The normalized spacial score (nSPS) is 16.2. The molecule has 1 saturated carbocycles. The zero-order valence-corrected chi connectivity index (χ0v) is 19.8. The monoisotopic (exact) mass is 521 g/mol. The molecule has 0 bridgehead atoms. The van der Waals surface area contributed by atoms with Crippen LogP contribution in [-0.4, -0.2) is 46.8 Å². The molecule has 2 aliphatic rings. The number of nitrogens with one attached hydrogen (secondary N) is 4. The molecule has 3 aromatic rings. The zero-order valence-electron chi connectivity index (χ0n) is 19.0. The zero-order chi connectivity index (χ0) is 25.3. The fraction of sp³-hybridized carbons (Fsp3) is 0.391. The number of halogens is 4. The van der Waals surface area contributed by atoms with Crippen molar-refractivity contribution in [3.63, 3.8) is 0 Å². The number of alkyl halides is 4. The van der Waals surface area contributed by atoms with E-state index in [0.717, 1.165) is 31.4 Å². The van der Waals surface area contributed by atoms with Crippen molar-refractivity contribution in [3.05, 3.63) is 52.2 Å². The molecule has 1 aromatic carbocycles. The maximum atomic E-state index is 13.4. The molecule has 36 heavy (non-hydrogen) atoms. The first-order chi connectivity index (χ1) is 17.2. The lowest BCUT2D eigenvalue weighted by atomic mass is 10.0. The van der Waals surface area contributed by atoms with Gasteiger partial charge in [-0.2, -0.15) is 18.2 Å². The van der Waals surface area contributed by atoms with Crippen LogP contribution in [0, 0.1) is 0 Å². The van der Waals surface area contributed by atoms with Crippen LogP contribution in [0.25, 0.3) is 0 Å². The van der Waals surface area contributed by atoms with E-state index in [9.17, 15) is 22.4 Å². The van der Waals surface area contributed by atoms with Crippen molar-refractivity contribution in [1.29, 1.82) is 0 Å². The predicted octanol–water partition coefficient (Wildman–Crippen LogP) is 4.36. The van der Waals surface area contributed by atoms with Crippen molar-refractivity contribution in [2.24, 2.45) is 0 Å². The van der Waals surface area contributed by atoms with E-state index in [1.54, 1.807) is 5.38 Å². The first-order valence-corrected chi connectivity index (χ1v) is 12.2. The molecule has 3 heterocycles. The molecule has 2 aromatic heterocycles. The van der Waals surface area contributed by atoms with E-state index in [0.29, 0.717) is 23.7 Å². The quantitative estimate of drug-likeness (QED) is 0.327. The van der Waals surface area contributed by atoms with Gasteiger partial charge in [0.25, 0.3) is 5.91 Å². The van der Waals surface area contributed by atoms with Gasteiger partial charge < -0.3 is 21.3 Å². The Kier molecular flexibility index (Phi) is 6.51. The van der Waals surface area contributed by atoms with Crippen LogP contribution >= 0.6 is 11.3 Å². The molecule has 5 rings (SSSR count). The average molecular weight is 522 g/mol. The Labute approximate surface area is 208 Å². The number of carbonyl (C=O) groups is 1. The number of hydrogen-bond donors (Lipinski definition) is 4. The van der Waals surface area contributed by atoms with Gasteiger partial charge >= 0.3 is 6.18 Å². The van der Waals surface area contributed by atoms with Crippen LogP contribution in [-0.2, 0) is 18.4 Å². The molecule has 1 aliphatic carbocycles. The van der Waals surface area contributed by atoms with Crippen LogP contribution in [0.2, 0.25) is 0 Å².